The summed E-state index contributed by atoms with van der Waals surface area (Å²) in [6, 6.07) is 9.74. The normalized spacial score (nSPS) is 15.2. The number of halogens is 3. The van der Waals surface area contributed by atoms with E-state index in [0.29, 0.717) is 21.6 Å². The summed E-state index contributed by atoms with van der Waals surface area (Å²) in [5, 5.41) is 20.0. The highest BCUT2D eigenvalue weighted by atomic mass is 35.5. The number of rotatable bonds is 3. The van der Waals surface area contributed by atoms with Crippen LogP contribution < -0.4 is 0 Å². The van der Waals surface area contributed by atoms with Gasteiger partial charge in [0.25, 0.3) is 0 Å². The smallest absolute Gasteiger partial charge is 0.221 e. The lowest BCUT2D eigenvalue weighted by Crippen LogP contribution is -2.22. The molecule has 0 bridgehead atoms. The van der Waals surface area contributed by atoms with E-state index in [2.05, 4.69) is 10.2 Å². The third-order valence-electron chi connectivity index (χ3n) is 4.10. The van der Waals surface area contributed by atoms with Gasteiger partial charge in [0.1, 0.15) is 11.5 Å². The van der Waals surface area contributed by atoms with Gasteiger partial charge in [-0.3, -0.25) is 0 Å². The lowest BCUT2D eigenvalue weighted by Gasteiger charge is -2.27. The zero-order chi connectivity index (χ0) is 17.6. The maximum atomic E-state index is 14.4. The highest BCUT2D eigenvalue weighted by Crippen LogP contribution is 2.46. The van der Waals surface area contributed by atoms with E-state index in [-0.39, 0.29) is 22.6 Å². The fourth-order valence-corrected chi connectivity index (χ4v) is 3.87. The van der Waals surface area contributed by atoms with Crippen LogP contribution in [-0.2, 0) is 0 Å². The van der Waals surface area contributed by atoms with Crippen LogP contribution in [0.5, 0.6) is 5.88 Å². The fourth-order valence-electron chi connectivity index (χ4n) is 2.79. The molecule has 25 heavy (non-hydrogen) atoms. The molecular weight excluding hydrogens is 384 g/mol. The van der Waals surface area contributed by atoms with Gasteiger partial charge in [-0.15, -0.1) is 10.2 Å². The van der Waals surface area contributed by atoms with E-state index in [4.69, 9.17) is 23.2 Å². The number of hydrogen-bond donors (Lipinski definition) is 1. The number of aromatic hydroxyl groups is 1. The number of azo groups is 1. The van der Waals surface area contributed by atoms with Gasteiger partial charge in [-0.2, -0.15) is 11.8 Å². The second-order valence-electron chi connectivity index (χ2n) is 5.64. The predicted molar refractivity (Wildman–Crippen MR) is 101 cm³/mol. The molecule has 1 saturated heterocycles. The second-order valence-corrected chi connectivity index (χ2v) is 7.50. The van der Waals surface area contributed by atoms with Gasteiger partial charge in [0, 0.05) is 16.9 Å². The van der Waals surface area contributed by atoms with E-state index in [9.17, 15) is 9.50 Å². The van der Waals surface area contributed by atoms with Crippen molar-refractivity contribution in [3.63, 3.8) is 0 Å². The molecule has 0 radical (unpaired) electrons. The number of thioether (sulfide) groups is 1. The van der Waals surface area contributed by atoms with Gasteiger partial charge in [0.2, 0.25) is 5.88 Å². The zero-order valence-corrected chi connectivity index (χ0v) is 15.1. The number of hydrogen-bond acceptors (Lipinski definition) is 4. The molecule has 0 unspecified atom stereocenters. The van der Waals surface area contributed by atoms with Crippen molar-refractivity contribution in [3.8, 4) is 5.88 Å². The summed E-state index contributed by atoms with van der Waals surface area (Å²) in [6.45, 7) is 0. The molecule has 0 atom stereocenters. The van der Waals surface area contributed by atoms with E-state index in [1.54, 1.807) is 46.7 Å². The summed E-state index contributed by atoms with van der Waals surface area (Å²) in [5.74, 6) is 1.16. The maximum Gasteiger partial charge on any atom is 0.221 e. The molecule has 1 aromatic heterocycles. The zero-order valence-electron chi connectivity index (χ0n) is 12.8. The van der Waals surface area contributed by atoms with Crippen LogP contribution in [0.3, 0.4) is 0 Å². The molecule has 1 fully saturated rings. The van der Waals surface area contributed by atoms with E-state index < -0.39 is 5.82 Å². The standard InChI is InChI=1S/C17H12Cl2FN3OS/c18-11-4-2-6-13(14(11)19)21-22-15-10-3-1-5-12(20)16(10)23(17(15)24)9-7-25-8-9/h1-6,9,24H,7-8H2. The molecule has 0 saturated carbocycles. The van der Waals surface area contributed by atoms with E-state index in [0.717, 1.165) is 11.5 Å². The summed E-state index contributed by atoms with van der Waals surface area (Å²) < 4.78 is 16.0. The molecule has 1 aliphatic heterocycles. The van der Waals surface area contributed by atoms with Crippen LogP contribution in [0.2, 0.25) is 10.0 Å². The SMILES string of the molecule is Oc1c(N=Nc2cccc(Cl)c2Cl)c2cccc(F)c2n1C1CSC1. The van der Waals surface area contributed by atoms with Crippen LogP contribution in [0.25, 0.3) is 10.9 Å². The number of benzene rings is 2. The lowest BCUT2D eigenvalue weighted by molar-refractivity contribution is 0.404. The molecular formula is C17H12Cl2FN3OS. The summed E-state index contributed by atoms with van der Waals surface area (Å²) in [6.07, 6.45) is 0. The maximum absolute atomic E-state index is 14.4. The molecule has 0 amide bonds. The van der Waals surface area contributed by atoms with E-state index in [1.807, 2.05) is 0 Å². The molecule has 0 aliphatic carbocycles. The van der Waals surface area contributed by atoms with Gasteiger partial charge >= 0.3 is 0 Å². The van der Waals surface area contributed by atoms with Crippen LogP contribution in [0, 0.1) is 5.82 Å². The van der Waals surface area contributed by atoms with Crippen molar-refractivity contribution in [1.82, 2.24) is 4.57 Å². The molecule has 1 aliphatic rings. The van der Waals surface area contributed by atoms with E-state index >= 15 is 0 Å². The van der Waals surface area contributed by atoms with Crippen LogP contribution >= 0.6 is 35.0 Å². The Bertz CT molecular complexity index is 1000. The Morgan fingerprint density at radius 1 is 1.12 bits per heavy atom. The minimum Gasteiger partial charge on any atom is -0.493 e. The molecule has 0 spiro atoms. The first-order valence-corrected chi connectivity index (χ1v) is 9.44. The summed E-state index contributed by atoms with van der Waals surface area (Å²) in [7, 11) is 0. The Morgan fingerprint density at radius 2 is 1.88 bits per heavy atom. The molecule has 1 N–H and O–H groups in total. The average Bonchev–Trinajstić information content (AvgIpc) is 2.81. The monoisotopic (exact) mass is 395 g/mol. The Balaban J connectivity index is 1.87. The van der Waals surface area contributed by atoms with Crippen molar-refractivity contribution < 1.29 is 9.50 Å². The minimum absolute atomic E-state index is 0.0445. The van der Waals surface area contributed by atoms with Crippen molar-refractivity contribution in [2.75, 3.05) is 11.5 Å². The minimum atomic E-state index is -0.396. The fraction of sp³-hybridized carbons (Fsp3) is 0.176. The van der Waals surface area contributed by atoms with Gasteiger partial charge in [0.05, 0.1) is 21.6 Å². The van der Waals surface area contributed by atoms with Gasteiger partial charge in [0.15, 0.2) is 5.69 Å². The van der Waals surface area contributed by atoms with Crippen molar-refractivity contribution in [3.05, 3.63) is 52.3 Å². The summed E-state index contributed by atoms with van der Waals surface area (Å²) in [4.78, 5) is 0. The largest absolute Gasteiger partial charge is 0.493 e. The highest BCUT2D eigenvalue weighted by molar-refractivity contribution is 8.00. The summed E-state index contributed by atoms with van der Waals surface area (Å²) in [5.41, 5.74) is 0.948. The molecule has 4 nitrogen and oxygen atoms in total. The predicted octanol–water partition coefficient (Wildman–Crippen LogP) is 6.50. The van der Waals surface area contributed by atoms with E-state index in [1.165, 1.54) is 6.07 Å². The molecule has 2 heterocycles. The van der Waals surface area contributed by atoms with Gasteiger partial charge < -0.3 is 9.67 Å². The molecule has 128 valence electrons. The van der Waals surface area contributed by atoms with Gasteiger partial charge in [-0.05, 0) is 18.2 Å². The topological polar surface area (TPSA) is 49.9 Å². The Hall–Kier alpha value is -1.76. The average molecular weight is 396 g/mol. The first-order chi connectivity index (χ1) is 12.1. The Labute approximate surface area is 157 Å². The molecule has 3 aromatic rings. The van der Waals surface area contributed by atoms with Crippen molar-refractivity contribution in [2.45, 2.75) is 6.04 Å². The number of aromatic nitrogens is 1. The van der Waals surface area contributed by atoms with Crippen molar-refractivity contribution in [1.29, 1.82) is 0 Å². The number of fused-ring (bicyclic) bond motifs is 1. The van der Waals surface area contributed by atoms with Crippen LogP contribution in [-0.4, -0.2) is 21.2 Å². The third-order valence-corrected chi connectivity index (χ3v) is 6.15. The Morgan fingerprint density at radius 3 is 2.60 bits per heavy atom. The quantitative estimate of drug-likeness (QED) is 0.514. The third kappa shape index (κ3) is 2.78. The molecule has 4 rings (SSSR count). The van der Waals surface area contributed by atoms with Crippen LogP contribution in [0.15, 0.2) is 46.6 Å². The molecule has 2 aromatic carbocycles. The number of nitrogens with zero attached hydrogens (tertiary/aromatic N) is 3. The first kappa shape index (κ1) is 16.7. The highest BCUT2D eigenvalue weighted by Gasteiger charge is 2.29. The molecule has 8 heteroatoms. The second kappa shape index (κ2) is 6.52. The lowest BCUT2D eigenvalue weighted by atomic mass is 10.2. The van der Waals surface area contributed by atoms with Crippen LogP contribution in [0.4, 0.5) is 15.8 Å². The Kier molecular flexibility index (Phi) is 4.35. The van der Waals surface area contributed by atoms with Gasteiger partial charge in [-0.1, -0.05) is 41.4 Å². The summed E-state index contributed by atoms with van der Waals surface area (Å²) >= 11 is 13.8. The van der Waals surface area contributed by atoms with Crippen molar-refractivity contribution >= 4 is 57.2 Å². The van der Waals surface area contributed by atoms with Crippen molar-refractivity contribution in [2.24, 2.45) is 10.2 Å². The van der Waals surface area contributed by atoms with Gasteiger partial charge in [-0.25, -0.2) is 4.39 Å². The first-order valence-electron chi connectivity index (χ1n) is 7.53. The number of para-hydroxylation sites is 1. The van der Waals surface area contributed by atoms with Crippen LogP contribution in [0.1, 0.15) is 6.04 Å².